The first-order chi connectivity index (χ1) is 8.05. The molecule has 0 atom stereocenters. The summed E-state index contributed by atoms with van der Waals surface area (Å²) in [7, 11) is 0. The van der Waals surface area contributed by atoms with Crippen molar-refractivity contribution >= 4 is 5.82 Å². The van der Waals surface area contributed by atoms with Crippen molar-refractivity contribution in [3.63, 3.8) is 0 Å². The number of anilines is 1. The van der Waals surface area contributed by atoms with Gasteiger partial charge in [0, 0.05) is 18.2 Å². The van der Waals surface area contributed by atoms with Crippen LogP contribution in [0.15, 0.2) is 24.4 Å². The lowest BCUT2D eigenvalue weighted by Crippen LogP contribution is -2.19. The summed E-state index contributed by atoms with van der Waals surface area (Å²) in [5.41, 5.74) is -0.214. The van der Waals surface area contributed by atoms with Gasteiger partial charge in [-0.1, -0.05) is 6.07 Å². The van der Waals surface area contributed by atoms with Crippen LogP contribution in [-0.2, 0) is 12.7 Å². The van der Waals surface area contributed by atoms with Crippen LogP contribution in [0, 0.1) is 0 Å². The fraction of sp³-hybridized carbons (Fsp3) is 0.200. The summed E-state index contributed by atoms with van der Waals surface area (Å²) >= 11 is 0. The Morgan fingerprint density at radius 1 is 1.24 bits per heavy atom. The number of halogens is 3. The first-order valence-corrected chi connectivity index (χ1v) is 4.91. The third kappa shape index (κ3) is 1.54. The van der Waals surface area contributed by atoms with Gasteiger partial charge in [0.2, 0.25) is 0 Å². The number of fused-ring (bicyclic) bond motifs is 3. The Balaban J connectivity index is 2.18. The maximum absolute atomic E-state index is 12.6. The molecule has 1 aliphatic heterocycles. The molecule has 2 aromatic rings. The zero-order chi connectivity index (χ0) is 12.0. The third-order valence-corrected chi connectivity index (χ3v) is 2.55. The molecule has 2 aromatic heterocycles. The van der Waals surface area contributed by atoms with E-state index in [0.29, 0.717) is 17.9 Å². The topological polar surface area (TPSA) is 42.7 Å². The lowest BCUT2D eigenvalue weighted by Gasteiger charge is -2.19. The molecule has 0 spiro atoms. The quantitative estimate of drug-likeness (QED) is 0.767. The van der Waals surface area contributed by atoms with Gasteiger partial charge in [0.25, 0.3) is 0 Å². The van der Waals surface area contributed by atoms with Crippen molar-refractivity contribution in [1.29, 1.82) is 0 Å². The van der Waals surface area contributed by atoms with Crippen molar-refractivity contribution in [2.24, 2.45) is 0 Å². The molecule has 3 heterocycles. The number of pyridine rings is 1. The molecule has 88 valence electrons. The minimum Gasteiger partial charge on any atom is -0.366 e. The van der Waals surface area contributed by atoms with E-state index in [0.717, 1.165) is 6.07 Å². The van der Waals surface area contributed by atoms with E-state index in [1.165, 1.54) is 16.9 Å². The smallest absolute Gasteiger partial charge is 0.366 e. The highest BCUT2D eigenvalue weighted by Gasteiger charge is 2.33. The maximum Gasteiger partial charge on any atom is 0.433 e. The van der Waals surface area contributed by atoms with E-state index in [-0.39, 0.29) is 5.82 Å². The number of rotatable bonds is 0. The van der Waals surface area contributed by atoms with E-state index in [2.05, 4.69) is 15.4 Å². The van der Waals surface area contributed by atoms with Crippen molar-refractivity contribution in [3.05, 3.63) is 35.7 Å². The van der Waals surface area contributed by atoms with Crippen LogP contribution < -0.4 is 5.32 Å². The number of nitrogens with zero attached hydrogens (tertiary/aromatic N) is 3. The van der Waals surface area contributed by atoms with Crippen LogP contribution in [0.2, 0.25) is 0 Å². The molecular formula is C10H7F3N4. The molecular weight excluding hydrogens is 233 g/mol. The Hall–Kier alpha value is -2.05. The summed E-state index contributed by atoms with van der Waals surface area (Å²) in [5.74, 6) is 0.878. The van der Waals surface area contributed by atoms with Crippen molar-refractivity contribution in [1.82, 2.24) is 14.8 Å². The Bertz CT molecular complexity index is 573. The van der Waals surface area contributed by atoms with Crippen molar-refractivity contribution in [2.75, 3.05) is 5.32 Å². The van der Waals surface area contributed by atoms with Gasteiger partial charge >= 0.3 is 6.18 Å². The van der Waals surface area contributed by atoms with Gasteiger partial charge in [0.05, 0.1) is 6.20 Å². The molecule has 0 saturated heterocycles. The molecule has 0 amide bonds. The van der Waals surface area contributed by atoms with Crippen LogP contribution in [-0.4, -0.2) is 14.8 Å². The monoisotopic (exact) mass is 240 g/mol. The summed E-state index contributed by atoms with van der Waals surface area (Å²) in [6.07, 6.45) is -2.92. The van der Waals surface area contributed by atoms with Crippen LogP contribution in [0.1, 0.15) is 11.3 Å². The molecule has 0 bridgehead atoms. The van der Waals surface area contributed by atoms with Gasteiger partial charge in [-0.3, -0.25) is 0 Å². The molecule has 0 saturated carbocycles. The molecule has 17 heavy (non-hydrogen) atoms. The van der Waals surface area contributed by atoms with Crippen LogP contribution in [0.3, 0.4) is 0 Å². The molecule has 0 aromatic carbocycles. The molecule has 1 aliphatic rings. The van der Waals surface area contributed by atoms with Gasteiger partial charge in [-0.15, -0.1) is 0 Å². The van der Waals surface area contributed by atoms with Gasteiger partial charge in [-0.05, 0) is 6.07 Å². The lowest BCUT2D eigenvalue weighted by molar-refractivity contribution is -0.141. The van der Waals surface area contributed by atoms with Gasteiger partial charge in [0.15, 0.2) is 5.82 Å². The largest absolute Gasteiger partial charge is 0.433 e. The molecule has 3 rings (SSSR count). The SMILES string of the molecule is FC(F)(F)c1ccc2c(n1)-n1nccc1NC2. The summed E-state index contributed by atoms with van der Waals surface area (Å²) in [6.45, 7) is 0.451. The Labute approximate surface area is 94.1 Å². The second-order valence-corrected chi connectivity index (χ2v) is 3.66. The van der Waals surface area contributed by atoms with E-state index in [1.807, 2.05) is 0 Å². The van der Waals surface area contributed by atoms with E-state index < -0.39 is 11.9 Å². The second-order valence-electron chi connectivity index (χ2n) is 3.66. The van der Waals surface area contributed by atoms with E-state index in [4.69, 9.17) is 0 Å². The predicted octanol–water partition coefficient (Wildman–Crippen LogP) is 2.21. The fourth-order valence-electron chi connectivity index (χ4n) is 1.75. The van der Waals surface area contributed by atoms with Crippen molar-refractivity contribution < 1.29 is 13.2 Å². The molecule has 1 N–H and O–H groups in total. The number of alkyl halides is 3. The van der Waals surface area contributed by atoms with Crippen LogP contribution in [0.4, 0.5) is 19.0 Å². The van der Waals surface area contributed by atoms with Gasteiger partial charge in [-0.2, -0.15) is 23.0 Å². The van der Waals surface area contributed by atoms with Gasteiger partial charge in [-0.25, -0.2) is 4.98 Å². The molecule has 0 radical (unpaired) electrons. The summed E-state index contributed by atoms with van der Waals surface area (Å²) in [4.78, 5) is 3.63. The summed E-state index contributed by atoms with van der Waals surface area (Å²) < 4.78 is 39.0. The molecule has 7 heteroatoms. The van der Waals surface area contributed by atoms with E-state index >= 15 is 0 Å². The zero-order valence-corrected chi connectivity index (χ0v) is 8.49. The zero-order valence-electron chi connectivity index (χ0n) is 8.49. The highest BCUT2D eigenvalue weighted by Crippen LogP contribution is 2.31. The normalized spacial score (nSPS) is 13.8. The average Bonchev–Trinajstić information content (AvgIpc) is 2.75. The highest BCUT2D eigenvalue weighted by molar-refractivity contribution is 5.50. The fourth-order valence-corrected chi connectivity index (χ4v) is 1.75. The molecule has 0 fully saturated rings. The minimum absolute atomic E-state index is 0.235. The maximum atomic E-state index is 12.6. The Morgan fingerprint density at radius 2 is 2.06 bits per heavy atom. The van der Waals surface area contributed by atoms with Crippen LogP contribution in [0.25, 0.3) is 5.82 Å². The standard InChI is InChI=1S/C10H7F3N4/c11-10(12,13)7-2-1-6-5-14-8-3-4-15-17(8)9(6)16-7/h1-4,14H,5H2. The Kier molecular flexibility index (Phi) is 1.92. The number of hydrogen-bond donors (Lipinski definition) is 1. The third-order valence-electron chi connectivity index (χ3n) is 2.55. The first-order valence-electron chi connectivity index (χ1n) is 4.91. The Morgan fingerprint density at radius 3 is 2.82 bits per heavy atom. The summed E-state index contributed by atoms with van der Waals surface area (Å²) in [6, 6.07) is 4.09. The van der Waals surface area contributed by atoms with Crippen LogP contribution in [0.5, 0.6) is 0 Å². The number of nitrogens with one attached hydrogen (secondary N) is 1. The van der Waals surface area contributed by atoms with E-state index in [9.17, 15) is 13.2 Å². The second kappa shape index (κ2) is 3.22. The molecule has 0 unspecified atom stereocenters. The highest BCUT2D eigenvalue weighted by atomic mass is 19.4. The van der Waals surface area contributed by atoms with Gasteiger partial charge < -0.3 is 5.32 Å². The number of hydrogen-bond acceptors (Lipinski definition) is 3. The van der Waals surface area contributed by atoms with Crippen molar-refractivity contribution in [3.8, 4) is 5.82 Å². The summed E-state index contributed by atoms with van der Waals surface area (Å²) in [5, 5.41) is 6.98. The van der Waals surface area contributed by atoms with Crippen molar-refractivity contribution in [2.45, 2.75) is 12.7 Å². The first kappa shape index (κ1) is 10.1. The van der Waals surface area contributed by atoms with Gasteiger partial charge in [0.1, 0.15) is 11.5 Å². The predicted molar refractivity (Wildman–Crippen MR) is 53.7 cm³/mol. The molecule has 4 nitrogen and oxygen atoms in total. The average molecular weight is 240 g/mol. The minimum atomic E-state index is -4.44. The number of aromatic nitrogens is 3. The lowest BCUT2D eigenvalue weighted by atomic mass is 10.2. The molecule has 0 aliphatic carbocycles. The van der Waals surface area contributed by atoms with E-state index in [1.54, 1.807) is 6.07 Å². The van der Waals surface area contributed by atoms with Crippen LogP contribution >= 0.6 is 0 Å².